The van der Waals surface area contributed by atoms with E-state index in [2.05, 4.69) is 38.0 Å². The van der Waals surface area contributed by atoms with Crippen LogP contribution in [0.1, 0.15) is 12.7 Å². The Morgan fingerprint density at radius 3 is 2.75 bits per heavy atom. The molecule has 0 spiro atoms. The van der Waals surface area contributed by atoms with Gasteiger partial charge in [-0.1, -0.05) is 12.1 Å². The number of hydrogen-bond acceptors (Lipinski definition) is 4. The Hall–Kier alpha value is -0.950. The molecule has 0 radical (unpaired) electrons. The quantitative estimate of drug-likeness (QED) is 0.876. The van der Waals surface area contributed by atoms with E-state index in [1.807, 2.05) is 31.2 Å². The molecule has 0 saturated carbocycles. The Morgan fingerprint density at radius 1 is 1.31 bits per heavy atom. The van der Waals surface area contributed by atoms with Gasteiger partial charge in [-0.05, 0) is 53.4 Å². The van der Waals surface area contributed by atoms with Crippen LogP contribution in [0.2, 0.25) is 0 Å². The molecule has 1 aromatic heterocycles. The molecule has 0 aliphatic heterocycles. The standard InChI is InChI=1S/C11H12IN3O/c1-2-13-7-10-14-11(16-15-10)8-3-5-9(12)6-4-8/h3-6,13H,2,7H2,1H3. The van der Waals surface area contributed by atoms with Crippen molar-refractivity contribution in [3.63, 3.8) is 0 Å². The number of nitrogens with zero attached hydrogens (tertiary/aromatic N) is 2. The Bertz CT molecular complexity index is 453. The van der Waals surface area contributed by atoms with Crippen LogP contribution in [0.3, 0.4) is 0 Å². The average molecular weight is 329 g/mol. The van der Waals surface area contributed by atoms with E-state index >= 15 is 0 Å². The zero-order valence-corrected chi connectivity index (χ0v) is 11.1. The number of nitrogens with one attached hydrogen (secondary N) is 1. The van der Waals surface area contributed by atoms with Crippen molar-refractivity contribution in [2.45, 2.75) is 13.5 Å². The maximum absolute atomic E-state index is 5.18. The van der Waals surface area contributed by atoms with Crippen LogP contribution in [0.4, 0.5) is 0 Å². The van der Waals surface area contributed by atoms with Crippen molar-refractivity contribution in [2.75, 3.05) is 6.54 Å². The second-order valence-electron chi connectivity index (χ2n) is 3.30. The molecule has 0 unspecified atom stereocenters. The summed E-state index contributed by atoms with van der Waals surface area (Å²) in [4.78, 5) is 4.30. The second-order valence-corrected chi connectivity index (χ2v) is 4.55. The van der Waals surface area contributed by atoms with Crippen molar-refractivity contribution in [3.8, 4) is 11.5 Å². The maximum atomic E-state index is 5.18. The van der Waals surface area contributed by atoms with Gasteiger partial charge in [0.2, 0.25) is 0 Å². The molecule has 0 amide bonds. The molecule has 0 aliphatic carbocycles. The molecule has 1 aromatic carbocycles. The van der Waals surface area contributed by atoms with Crippen LogP contribution in [-0.2, 0) is 6.54 Å². The first-order valence-corrected chi connectivity index (χ1v) is 6.16. The zero-order valence-electron chi connectivity index (χ0n) is 8.90. The molecule has 16 heavy (non-hydrogen) atoms. The van der Waals surface area contributed by atoms with Gasteiger partial charge >= 0.3 is 0 Å². The van der Waals surface area contributed by atoms with Gasteiger partial charge < -0.3 is 9.84 Å². The lowest BCUT2D eigenvalue weighted by atomic mass is 10.2. The SMILES string of the molecule is CCNCc1noc(-c2ccc(I)cc2)n1. The summed E-state index contributed by atoms with van der Waals surface area (Å²) < 4.78 is 6.37. The molecule has 0 aliphatic rings. The summed E-state index contributed by atoms with van der Waals surface area (Å²) in [6, 6.07) is 7.99. The first kappa shape index (κ1) is 11.5. The molecule has 4 nitrogen and oxygen atoms in total. The van der Waals surface area contributed by atoms with Gasteiger partial charge in [0, 0.05) is 9.13 Å². The summed E-state index contributed by atoms with van der Waals surface area (Å²) >= 11 is 2.26. The Morgan fingerprint density at radius 2 is 2.06 bits per heavy atom. The Kier molecular flexibility index (Phi) is 3.89. The van der Waals surface area contributed by atoms with Gasteiger partial charge in [0.1, 0.15) is 0 Å². The van der Waals surface area contributed by atoms with Crippen molar-refractivity contribution >= 4 is 22.6 Å². The summed E-state index contributed by atoms with van der Waals surface area (Å²) in [7, 11) is 0. The molecule has 2 aromatic rings. The molecule has 1 heterocycles. The predicted octanol–water partition coefficient (Wildman–Crippen LogP) is 2.45. The second kappa shape index (κ2) is 5.40. The highest BCUT2D eigenvalue weighted by Gasteiger charge is 2.07. The van der Waals surface area contributed by atoms with Crippen LogP contribution >= 0.6 is 22.6 Å². The summed E-state index contributed by atoms with van der Waals surface area (Å²) in [5.41, 5.74) is 0.954. The molecule has 0 saturated heterocycles. The first-order chi connectivity index (χ1) is 7.79. The highest BCUT2D eigenvalue weighted by Crippen LogP contribution is 2.18. The van der Waals surface area contributed by atoms with E-state index < -0.39 is 0 Å². The van der Waals surface area contributed by atoms with Gasteiger partial charge in [-0.15, -0.1) is 0 Å². The van der Waals surface area contributed by atoms with Crippen LogP contribution in [0.5, 0.6) is 0 Å². The van der Waals surface area contributed by atoms with E-state index in [0.29, 0.717) is 18.3 Å². The molecule has 5 heteroatoms. The first-order valence-electron chi connectivity index (χ1n) is 5.09. The lowest BCUT2D eigenvalue weighted by Gasteiger charge is -1.94. The van der Waals surface area contributed by atoms with Crippen molar-refractivity contribution in [1.29, 1.82) is 0 Å². The van der Waals surface area contributed by atoms with Crippen molar-refractivity contribution < 1.29 is 4.52 Å². The third-order valence-electron chi connectivity index (χ3n) is 2.09. The lowest BCUT2D eigenvalue weighted by molar-refractivity contribution is 0.420. The minimum absolute atomic E-state index is 0.573. The number of rotatable bonds is 4. The molecule has 84 valence electrons. The zero-order chi connectivity index (χ0) is 11.4. The largest absolute Gasteiger partial charge is 0.334 e. The summed E-state index contributed by atoms with van der Waals surface area (Å²) in [5, 5.41) is 7.05. The number of aromatic nitrogens is 2. The summed E-state index contributed by atoms with van der Waals surface area (Å²) in [6.07, 6.45) is 0. The van der Waals surface area contributed by atoms with E-state index in [1.165, 1.54) is 3.57 Å². The highest BCUT2D eigenvalue weighted by atomic mass is 127. The van der Waals surface area contributed by atoms with E-state index in [0.717, 1.165) is 12.1 Å². The Balaban J connectivity index is 2.15. The molecule has 0 bridgehead atoms. The van der Waals surface area contributed by atoms with E-state index in [9.17, 15) is 0 Å². The molecule has 0 atom stereocenters. The van der Waals surface area contributed by atoms with Crippen LogP contribution in [0.15, 0.2) is 28.8 Å². The van der Waals surface area contributed by atoms with E-state index in [4.69, 9.17) is 4.52 Å². The molecule has 2 rings (SSSR count). The fourth-order valence-electron chi connectivity index (χ4n) is 1.27. The van der Waals surface area contributed by atoms with Crippen LogP contribution < -0.4 is 5.32 Å². The minimum atomic E-state index is 0.573. The fourth-order valence-corrected chi connectivity index (χ4v) is 1.63. The fraction of sp³-hybridized carbons (Fsp3) is 0.273. The average Bonchev–Trinajstić information content (AvgIpc) is 2.76. The Labute approximate surface area is 108 Å². The predicted molar refractivity (Wildman–Crippen MR) is 69.8 cm³/mol. The summed E-state index contributed by atoms with van der Waals surface area (Å²) in [5.74, 6) is 1.26. The van der Waals surface area contributed by atoms with Gasteiger partial charge in [-0.3, -0.25) is 0 Å². The third-order valence-corrected chi connectivity index (χ3v) is 2.81. The summed E-state index contributed by atoms with van der Waals surface area (Å²) in [6.45, 7) is 3.58. The monoisotopic (exact) mass is 329 g/mol. The van der Waals surface area contributed by atoms with Crippen LogP contribution in [-0.4, -0.2) is 16.7 Å². The molecular formula is C11H12IN3O. The molecule has 1 N–H and O–H groups in total. The normalized spacial score (nSPS) is 10.6. The smallest absolute Gasteiger partial charge is 0.257 e. The van der Waals surface area contributed by atoms with Gasteiger partial charge in [0.25, 0.3) is 5.89 Å². The van der Waals surface area contributed by atoms with Gasteiger partial charge in [-0.25, -0.2) is 0 Å². The van der Waals surface area contributed by atoms with Crippen molar-refractivity contribution in [2.24, 2.45) is 0 Å². The molecule has 0 fully saturated rings. The number of hydrogen-bond donors (Lipinski definition) is 1. The van der Waals surface area contributed by atoms with Crippen molar-refractivity contribution in [1.82, 2.24) is 15.5 Å². The maximum Gasteiger partial charge on any atom is 0.257 e. The molecular weight excluding hydrogens is 317 g/mol. The lowest BCUT2D eigenvalue weighted by Crippen LogP contribution is -2.12. The van der Waals surface area contributed by atoms with E-state index in [-0.39, 0.29) is 0 Å². The van der Waals surface area contributed by atoms with Crippen LogP contribution in [0.25, 0.3) is 11.5 Å². The van der Waals surface area contributed by atoms with Crippen molar-refractivity contribution in [3.05, 3.63) is 33.7 Å². The van der Waals surface area contributed by atoms with Gasteiger partial charge in [0.15, 0.2) is 5.82 Å². The topological polar surface area (TPSA) is 51.0 Å². The minimum Gasteiger partial charge on any atom is -0.334 e. The number of benzene rings is 1. The number of halogens is 1. The van der Waals surface area contributed by atoms with E-state index in [1.54, 1.807) is 0 Å². The van der Waals surface area contributed by atoms with Gasteiger partial charge in [-0.2, -0.15) is 4.98 Å². The van der Waals surface area contributed by atoms with Gasteiger partial charge in [0.05, 0.1) is 6.54 Å². The third kappa shape index (κ3) is 2.79. The highest BCUT2D eigenvalue weighted by molar-refractivity contribution is 14.1. The van der Waals surface area contributed by atoms with Crippen LogP contribution in [0, 0.1) is 3.57 Å².